The molecule has 0 bridgehead atoms. The summed E-state index contributed by atoms with van der Waals surface area (Å²) in [5.74, 6) is 0.0517. The zero-order valence-corrected chi connectivity index (χ0v) is 10.1. The van der Waals surface area contributed by atoms with Crippen molar-refractivity contribution >= 4 is 15.5 Å². The molecule has 0 aromatic rings. The first-order chi connectivity index (χ1) is 6.83. The molecule has 0 aliphatic carbocycles. The van der Waals surface area contributed by atoms with Crippen LogP contribution in [0.25, 0.3) is 0 Å². The smallest absolute Gasteiger partial charge is 0.191 e. The van der Waals surface area contributed by atoms with E-state index in [2.05, 4.69) is 0 Å². The number of carbonyl (C=O) groups excluding carboxylic acids is 1. The fourth-order valence-corrected chi connectivity index (χ4v) is 2.76. The maximum Gasteiger partial charge on any atom is 0.191 e. The molecule has 1 heterocycles. The number of ether oxygens (including phenoxy) is 1. The van der Waals surface area contributed by atoms with Gasteiger partial charge in [0.15, 0.2) is 15.5 Å². The lowest BCUT2D eigenvalue weighted by Gasteiger charge is -2.21. The van der Waals surface area contributed by atoms with Crippen molar-refractivity contribution in [2.24, 2.45) is 0 Å². The monoisotopic (exact) mass is 214 g/mol. The minimum Gasteiger partial charge on any atom is -0.414 e. The van der Waals surface area contributed by atoms with Crippen molar-refractivity contribution in [1.29, 1.82) is 0 Å². The van der Waals surface area contributed by atoms with Crippen molar-refractivity contribution in [1.82, 2.24) is 0 Å². The first-order valence-electron chi connectivity index (χ1n) is 5.18. The van der Waals surface area contributed by atoms with Crippen LogP contribution in [0.4, 0.5) is 0 Å². The summed E-state index contributed by atoms with van der Waals surface area (Å²) in [6.07, 6.45) is 6.82. The molecule has 3 nitrogen and oxygen atoms in total. The standard InChI is InChI=1S/C10H18O3Si/c1-2-5-9(11)8-13-14-10-6-3-4-7-12-10/h2,5,10H,3-4,6-8,14H2,1H3. The van der Waals surface area contributed by atoms with E-state index < -0.39 is 9.76 Å². The molecule has 0 saturated carbocycles. The van der Waals surface area contributed by atoms with Gasteiger partial charge in [-0.25, -0.2) is 0 Å². The van der Waals surface area contributed by atoms with Crippen LogP contribution in [0.5, 0.6) is 0 Å². The van der Waals surface area contributed by atoms with Gasteiger partial charge in [-0.1, -0.05) is 6.08 Å². The summed E-state index contributed by atoms with van der Waals surface area (Å²) in [6.45, 7) is 2.93. The van der Waals surface area contributed by atoms with E-state index in [9.17, 15) is 4.79 Å². The molecule has 0 amide bonds. The molecule has 1 unspecified atom stereocenters. The van der Waals surface area contributed by atoms with E-state index >= 15 is 0 Å². The van der Waals surface area contributed by atoms with Crippen LogP contribution in [-0.4, -0.2) is 34.5 Å². The van der Waals surface area contributed by atoms with Gasteiger partial charge in [-0.15, -0.1) is 0 Å². The second-order valence-corrected chi connectivity index (χ2v) is 5.12. The summed E-state index contributed by atoms with van der Waals surface area (Å²) in [4.78, 5) is 11.1. The van der Waals surface area contributed by atoms with Crippen molar-refractivity contribution in [2.75, 3.05) is 13.2 Å². The van der Waals surface area contributed by atoms with Crippen LogP contribution >= 0.6 is 0 Å². The third-order valence-electron chi connectivity index (χ3n) is 2.17. The maximum atomic E-state index is 11.1. The molecule has 1 fully saturated rings. The summed E-state index contributed by atoms with van der Waals surface area (Å²) in [5.41, 5.74) is 0.335. The molecule has 80 valence electrons. The topological polar surface area (TPSA) is 35.5 Å². The van der Waals surface area contributed by atoms with Crippen LogP contribution in [0.1, 0.15) is 26.2 Å². The highest BCUT2D eigenvalue weighted by Crippen LogP contribution is 2.11. The van der Waals surface area contributed by atoms with Crippen LogP contribution in [0.15, 0.2) is 12.2 Å². The molecule has 1 atom stereocenters. The van der Waals surface area contributed by atoms with Gasteiger partial charge in [0.05, 0.1) is 12.3 Å². The normalized spacial score (nSPS) is 23.6. The predicted octanol–water partition coefficient (Wildman–Crippen LogP) is 0.759. The number of hydrogen-bond donors (Lipinski definition) is 0. The summed E-state index contributed by atoms with van der Waals surface area (Å²) in [6, 6.07) is 0. The molecule has 0 radical (unpaired) electrons. The third-order valence-corrected chi connectivity index (χ3v) is 3.63. The molecule has 0 spiro atoms. The molecular weight excluding hydrogens is 196 g/mol. The van der Waals surface area contributed by atoms with E-state index in [0.29, 0.717) is 5.73 Å². The lowest BCUT2D eigenvalue weighted by molar-refractivity contribution is -0.116. The molecule has 0 aromatic heterocycles. The number of ketones is 1. The Bertz CT molecular complexity index is 198. The largest absolute Gasteiger partial charge is 0.414 e. The minimum absolute atomic E-state index is 0.0517. The van der Waals surface area contributed by atoms with Gasteiger partial charge in [-0.3, -0.25) is 4.79 Å². The second-order valence-electron chi connectivity index (χ2n) is 3.47. The van der Waals surface area contributed by atoms with Gasteiger partial charge < -0.3 is 9.16 Å². The predicted molar refractivity (Wildman–Crippen MR) is 57.9 cm³/mol. The number of carbonyl (C=O) groups is 1. The van der Waals surface area contributed by atoms with Crippen LogP contribution in [0, 0.1) is 0 Å². The lowest BCUT2D eigenvalue weighted by atomic mass is 10.2. The third kappa shape index (κ3) is 4.69. The van der Waals surface area contributed by atoms with Gasteiger partial charge in [0.1, 0.15) is 0 Å². The van der Waals surface area contributed by atoms with E-state index in [1.807, 2.05) is 6.92 Å². The fraction of sp³-hybridized carbons (Fsp3) is 0.700. The zero-order valence-electron chi connectivity index (χ0n) is 8.70. The number of allylic oxidation sites excluding steroid dienone is 1. The maximum absolute atomic E-state index is 11.1. The Balaban J connectivity index is 2.05. The molecule has 0 aromatic carbocycles. The van der Waals surface area contributed by atoms with Gasteiger partial charge in [0.2, 0.25) is 0 Å². The Morgan fingerprint density at radius 1 is 1.64 bits per heavy atom. The molecule has 0 N–H and O–H groups in total. The van der Waals surface area contributed by atoms with Crippen molar-refractivity contribution in [3.8, 4) is 0 Å². The van der Waals surface area contributed by atoms with Crippen LogP contribution in [-0.2, 0) is 14.0 Å². The quantitative estimate of drug-likeness (QED) is 0.500. The van der Waals surface area contributed by atoms with Crippen molar-refractivity contribution < 1.29 is 14.0 Å². The molecule has 14 heavy (non-hydrogen) atoms. The van der Waals surface area contributed by atoms with Crippen molar-refractivity contribution in [3.05, 3.63) is 12.2 Å². The molecule has 1 aliphatic rings. The van der Waals surface area contributed by atoms with Gasteiger partial charge in [-0.2, -0.15) is 0 Å². The van der Waals surface area contributed by atoms with Crippen LogP contribution in [0.2, 0.25) is 0 Å². The second kappa shape index (κ2) is 6.92. The van der Waals surface area contributed by atoms with Crippen molar-refractivity contribution in [3.63, 3.8) is 0 Å². The molecule has 4 heteroatoms. The van der Waals surface area contributed by atoms with E-state index in [4.69, 9.17) is 9.16 Å². The number of rotatable bonds is 5. The van der Waals surface area contributed by atoms with Crippen LogP contribution < -0.4 is 0 Å². The van der Waals surface area contributed by atoms with E-state index in [-0.39, 0.29) is 12.4 Å². The highest BCUT2D eigenvalue weighted by molar-refractivity contribution is 6.29. The Hall–Kier alpha value is -0.453. The fourth-order valence-electron chi connectivity index (χ4n) is 1.46. The Kier molecular flexibility index (Phi) is 5.74. The van der Waals surface area contributed by atoms with E-state index in [1.54, 1.807) is 12.2 Å². The minimum atomic E-state index is -0.671. The highest BCUT2D eigenvalue weighted by Gasteiger charge is 2.14. The summed E-state index contributed by atoms with van der Waals surface area (Å²) < 4.78 is 10.9. The average Bonchev–Trinajstić information content (AvgIpc) is 2.20. The highest BCUT2D eigenvalue weighted by atomic mass is 28.2. The van der Waals surface area contributed by atoms with Gasteiger partial charge in [0.25, 0.3) is 0 Å². The summed E-state index contributed by atoms with van der Waals surface area (Å²) in [7, 11) is -0.671. The summed E-state index contributed by atoms with van der Waals surface area (Å²) >= 11 is 0. The molecule has 1 rings (SSSR count). The van der Waals surface area contributed by atoms with E-state index in [0.717, 1.165) is 13.0 Å². The van der Waals surface area contributed by atoms with Gasteiger partial charge in [0, 0.05) is 6.61 Å². The molecular formula is C10H18O3Si. The first kappa shape index (κ1) is 11.6. The zero-order chi connectivity index (χ0) is 10.2. The Labute approximate surface area is 87.4 Å². The van der Waals surface area contributed by atoms with E-state index in [1.165, 1.54) is 12.8 Å². The number of hydrogen-bond acceptors (Lipinski definition) is 3. The van der Waals surface area contributed by atoms with Gasteiger partial charge in [-0.05, 0) is 32.3 Å². The molecule has 1 aliphatic heterocycles. The first-order valence-corrected chi connectivity index (χ1v) is 6.57. The Morgan fingerprint density at radius 2 is 2.50 bits per heavy atom. The SMILES string of the molecule is CC=CC(=O)CO[SiH2]C1CCCCO1. The van der Waals surface area contributed by atoms with Gasteiger partial charge >= 0.3 is 0 Å². The average molecular weight is 214 g/mol. The summed E-state index contributed by atoms with van der Waals surface area (Å²) in [5, 5.41) is 0. The van der Waals surface area contributed by atoms with Crippen LogP contribution in [0.3, 0.4) is 0 Å². The molecule has 1 saturated heterocycles. The Morgan fingerprint density at radius 3 is 3.14 bits per heavy atom. The lowest BCUT2D eigenvalue weighted by Crippen LogP contribution is -2.28. The van der Waals surface area contributed by atoms with Crippen molar-refractivity contribution in [2.45, 2.75) is 31.9 Å².